The van der Waals surface area contributed by atoms with Crippen molar-refractivity contribution in [3.8, 4) is 0 Å². The molecule has 5 rings (SSSR count). The number of aromatic nitrogens is 2. The van der Waals surface area contributed by atoms with Gasteiger partial charge in [-0.15, -0.1) is 0 Å². The number of allylic oxidation sites excluding steroid dienone is 1. The van der Waals surface area contributed by atoms with Gasteiger partial charge in [-0.05, 0) is 30.9 Å². The van der Waals surface area contributed by atoms with Crippen LogP contribution in [0.4, 0.5) is 11.8 Å². The number of likely N-dealkylation sites (N-methyl/N-ethyl adjacent to an activating group) is 2. The number of halogens is 1. The third kappa shape index (κ3) is 4.74. The van der Waals surface area contributed by atoms with E-state index < -0.39 is 6.10 Å². The number of hydrogen-bond acceptors (Lipinski definition) is 7. The topological polar surface area (TPSA) is 90.9 Å². The van der Waals surface area contributed by atoms with Gasteiger partial charge >= 0.3 is 0 Å². The zero-order chi connectivity index (χ0) is 24.7. The first-order valence-corrected chi connectivity index (χ1v) is 12.5. The number of anilines is 2. The van der Waals surface area contributed by atoms with Gasteiger partial charge in [-0.3, -0.25) is 9.59 Å². The molecule has 3 atom stereocenters. The fraction of sp³-hybridized carbons (Fsp3) is 0.520. The van der Waals surface area contributed by atoms with Crippen LogP contribution in [-0.4, -0.2) is 77.5 Å². The highest BCUT2D eigenvalue weighted by Crippen LogP contribution is 2.32. The van der Waals surface area contributed by atoms with Gasteiger partial charge in [0.15, 0.2) is 17.7 Å². The molecular formula is C25H31ClN6O3. The van der Waals surface area contributed by atoms with E-state index in [4.69, 9.17) is 21.3 Å². The van der Waals surface area contributed by atoms with Crippen LogP contribution < -0.4 is 10.2 Å². The van der Waals surface area contributed by atoms with E-state index in [1.54, 1.807) is 30.1 Å². The monoisotopic (exact) mass is 498 g/mol. The molecule has 2 saturated heterocycles. The van der Waals surface area contributed by atoms with E-state index >= 15 is 0 Å². The van der Waals surface area contributed by atoms with Crippen molar-refractivity contribution in [2.45, 2.75) is 38.3 Å². The number of hydrogen-bond donors (Lipinski definition) is 1. The number of amides is 2. The van der Waals surface area contributed by atoms with Crippen molar-refractivity contribution in [2.24, 2.45) is 11.8 Å². The molecule has 3 aliphatic heterocycles. The van der Waals surface area contributed by atoms with Crippen LogP contribution in [0.2, 0.25) is 5.02 Å². The number of piperidine rings is 1. The number of carbonyl (C=O) groups is 2. The Hall–Kier alpha value is -3.07. The Balaban J connectivity index is 1.34. The van der Waals surface area contributed by atoms with Crippen LogP contribution in [0.25, 0.3) is 0 Å². The summed E-state index contributed by atoms with van der Waals surface area (Å²) in [6.45, 7) is 4.76. The third-order valence-corrected chi connectivity index (χ3v) is 7.55. The summed E-state index contributed by atoms with van der Waals surface area (Å²) in [5, 5.41) is 3.77. The molecule has 0 bridgehead atoms. The number of nitrogens with zero attached hydrogens (tertiary/aromatic N) is 5. The average molecular weight is 499 g/mol. The number of carbonyl (C=O) groups excluding carboxylic acids is 2. The molecule has 2 fully saturated rings. The number of ether oxygens (including phenoxy) is 1. The molecule has 10 heteroatoms. The molecule has 0 aromatic carbocycles. The predicted molar refractivity (Wildman–Crippen MR) is 134 cm³/mol. The number of nitrogens with one attached hydrogen (secondary N) is 1. The summed E-state index contributed by atoms with van der Waals surface area (Å²) >= 11 is 6.42. The lowest BCUT2D eigenvalue weighted by molar-refractivity contribution is -0.139. The van der Waals surface area contributed by atoms with Gasteiger partial charge in [0.25, 0.3) is 11.8 Å². The van der Waals surface area contributed by atoms with Crippen LogP contribution in [0.1, 0.15) is 26.2 Å². The zero-order valence-electron chi connectivity index (χ0n) is 20.3. The predicted octanol–water partition coefficient (Wildman–Crippen LogP) is 2.82. The number of likely N-dealkylation sites (tertiary alicyclic amines) is 1. The Morgan fingerprint density at radius 3 is 2.60 bits per heavy atom. The second-order valence-corrected chi connectivity index (χ2v) is 10.2. The molecule has 0 spiro atoms. The molecule has 186 valence electrons. The second kappa shape index (κ2) is 9.53. The average Bonchev–Trinajstić information content (AvgIpc) is 3.16. The van der Waals surface area contributed by atoms with Crippen LogP contribution in [0.5, 0.6) is 0 Å². The zero-order valence-corrected chi connectivity index (χ0v) is 21.0. The summed E-state index contributed by atoms with van der Waals surface area (Å²) in [7, 11) is 3.50. The van der Waals surface area contributed by atoms with Crippen LogP contribution >= 0.6 is 11.6 Å². The van der Waals surface area contributed by atoms with Crippen molar-refractivity contribution in [2.75, 3.05) is 43.9 Å². The van der Waals surface area contributed by atoms with E-state index in [-0.39, 0.29) is 29.5 Å². The van der Waals surface area contributed by atoms with Crippen molar-refractivity contribution >= 4 is 35.2 Å². The number of fused-ring (bicyclic) bond motifs is 1. The Labute approximate surface area is 210 Å². The lowest BCUT2D eigenvalue weighted by Crippen LogP contribution is -2.46. The lowest BCUT2D eigenvalue weighted by Gasteiger charge is -2.37. The highest BCUT2D eigenvalue weighted by molar-refractivity contribution is 6.32. The van der Waals surface area contributed by atoms with Gasteiger partial charge < -0.3 is 24.8 Å². The van der Waals surface area contributed by atoms with Crippen molar-refractivity contribution in [1.82, 2.24) is 19.8 Å². The molecule has 35 heavy (non-hydrogen) atoms. The molecule has 3 unspecified atom stereocenters. The molecule has 9 nitrogen and oxygen atoms in total. The van der Waals surface area contributed by atoms with E-state index in [1.165, 1.54) is 0 Å². The van der Waals surface area contributed by atoms with Crippen molar-refractivity contribution in [1.29, 1.82) is 0 Å². The van der Waals surface area contributed by atoms with Gasteiger partial charge in [-0.1, -0.05) is 30.7 Å². The summed E-state index contributed by atoms with van der Waals surface area (Å²) in [5.74, 6) is 1.73. The van der Waals surface area contributed by atoms with Gasteiger partial charge in [0, 0.05) is 51.8 Å². The van der Waals surface area contributed by atoms with Crippen molar-refractivity contribution in [3.63, 3.8) is 0 Å². The molecule has 1 aromatic heterocycles. The van der Waals surface area contributed by atoms with E-state index in [1.807, 2.05) is 24.3 Å². The molecule has 1 aromatic rings. The fourth-order valence-electron chi connectivity index (χ4n) is 4.95. The van der Waals surface area contributed by atoms with Crippen LogP contribution in [0, 0.1) is 11.8 Å². The van der Waals surface area contributed by atoms with Crippen LogP contribution in [0.15, 0.2) is 42.0 Å². The van der Waals surface area contributed by atoms with Crippen molar-refractivity contribution < 1.29 is 14.3 Å². The Bertz CT molecular complexity index is 1110. The molecule has 4 aliphatic rings. The summed E-state index contributed by atoms with van der Waals surface area (Å²) in [6.07, 6.45) is 11.6. The molecule has 2 amide bonds. The summed E-state index contributed by atoms with van der Waals surface area (Å²) < 4.78 is 5.89. The SMILES string of the molecule is CC1CCN(c2ncc(Cl)c(NC3=CC4C=C(OC5CCN(C)C5=O)C(=O)N(C)C4C=C3)n2)CC1. The second-order valence-electron chi connectivity index (χ2n) is 9.81. The molecule has 0 radical (unpaired) electrons. The molecule has 4 heterocycles. The lowest BCUT2D eigenvalue weighted by atomic mass is 9.89. The normalized spacial score (nSPS) is 27.1. The maximum Gasteiger partial charge on any atom is 0.288 e. The molecular weight excluding hydrogens is 468 g/mol. The first kappa shape index (κ1) is 23.7. The Morgan fingerprint density at radius 1 is 1.11 bits per heavy atom. The van der Waals surface area contributed by atoms with Gasteiger partial charge in [-0.25, -0.2) is 4.98 Å². The van der Waals surface area contributed by atoms with Crippen LogP contribution in [0.3, 0.4) is 0 Å². The maximum absolute atomic E-state index is 12.9. The van der Waals surface area contributed by atoms with E-state index in [0.717, 1.165) is 37.5 Å². The minimum atomic E-state index is -0.614. The quantitative estimate of drug-likeness (QED) is 0.667. The minimum Gasteiger partial charge on any atom is -0.475 e. The molecule has 1 N–H and O–H groups in total. The standard InChI is InChI=1S/C25H31ClN6O3/c1-15-6-10-32(11-7-15)25-27-14-18(26)22(29-25)28-17-4-5-19-16(12-17)13-21(24(34)31(19)3)35-20-8-9-30(2)23(20)33/h4-5,12-16,19-20H,6-11H2,1-3H3,(H,27,28,29). The first-order valence-electron chi connectivity index (χ1n) is 12.2. The minimum absolute atomic E-state index is 0.0951. The Morgan fingerprint density at radius 2 is 1.89 bits per heavy atom. The van der Waals surface area contributed by atoms with Gasteiger partial charge in [0.2, 0.25) is 5.95 Å². The van der Waals surface area contributed by atoms with Crippen molar-refractivity contribution in [3.05, 3.63) is 47.0 Å². The highest BCUT2D eigenvalue weighted by atomic mass is 35.5. The summed E-state index contributed by atoms with van der Waals surface area (Å²) in [6, 6.07) is -0.130. The van der Waals surface area contributed by atoms with E-state index in [9.17, 15) is 9.59 Å². The van der Waals surface area contributed by atoms with E-state index in [2.05, 4.69) is 22.1 Å². The largest absolute Gasteiger partial charge is 0.475 e. The Kier molecular flexibility index (Phi) is 6.44. The number of rotatable bonds is 5. The van der Waals surface area contributed by atoms with Crippen LogP contribution in [-0.2, 0) is 14.3 Å². The maximum atomic E-state index is 12.9. The summed E-state index contributed by atoms with van der Waals surface area (Å²) in [5.41, 5.74) is 0.820. The fourth-order valence-corrected chi connectivity index (χ4v) is 5.09. The highest BCUT2D eigenvalue weighted by Gasteiger charge is 2.38. The first-order chi connectivity index (χ1) is 16.8. The molecule has 0 saturated carbocycles. The summed E-state index contributed by atoms with van der Waals surface area (Å²) in [4.78, 5) is 39.8. The third-order valence-electron chi connectivity index (χ3n) is 7.27. The van der Waals surface area contributed by atoms with Gasteiger partial charge in [0.1, 0.15) is 5.02 Å². The van der Waals surface area contributed by atoms with E-state index in [0.29, 0.717) is 29.8 Å². The smallest absolute Gasteiger partial charge is 0.288 e. The van der Waals surface area contributed by atoms with Gasteiger partial charge in [0.05, 0.1) is 12.2 Å². The molecule has 1 aliphatic carbocycles. The van der Waals surface area contributed by atoms with Gasteiger partial charge in [-0.2, -0.15) is 4.98 Å².